The molecule has 4 aliphatic rings. The number of carbonyl (C=O) groups excluding carboxylic acids is 1. The number of amides is 1. The summed E-state index contributed by atoms with van der Waals surface area (Å²) in [4.78, 5) is 16.4. The van der Waals surface area contributed by atoms with Crippen molar-refractivity contribution in [3.63, 3.8) is 0 Å². The molecule has 1 amide bonds. The molecule has 6 heteroatoms. The largest absolute Gasteiger partial charge is 0.391 e. The quantitative estimate of drug-likeness (QED) is 0.660. The molecule has 2 heterocycles. The van der Waals surface area contributed by atoms with E-state index in [-0.39, 0.29) is 30.2 Å². The Morgan fingerprint density at radius 2 is 1.67 bits per heavy atom. The highest BCUT2D eigenvalue weighted by molar-refractivity contribution is 5.87. The monoisotopic (exact) mass is 384 g/mol. The minimum absolute atomic E-state index is 0.00336. The maximum absolute atomic E-state index is 13.1. The zero-order chi connectivity index (χ0) is 19.2. The molecule has 152 valence electrons. The smallest absolute Gasteiger partial charge is 0.338 e. The van der Waals surface area contributed by atoms with Crippen LogP contribution in [0.15, 0.2) is 12.7 Å². The summed E-state index contributed by atoms with van der Waals surface area (Å²) in [5, 5.41) is 0. The normalized spacial score (nSPS) is 36.8. The summed E-state index contributed by atoms with van der Waals surface area (Å²) >= 11 is 0. The van der Waals surface area contributed by atoms with Crippen molar-refractivity contribution >= 4 is 5.91 Å². The molecule has 4 rings (SSSR count). The lowest BCUT2D eigenvalue weighted by Crippen LogP contribution is -2.69. The molecule has 3 nitrogen and oxygen atoms in total. The second-order valence-electron chi connectivity index (χ2n) is 9.43. The van der Waals surface area contributed by atoms with Gasteiger partial charge in [0, 0.05) is 37.1 Å². The number of fused-ring (bicyclic) bond motifs is 1. The van der Waals surface area contributed by atoms with E-state index in [0.29, 0.717) is 24.8 Å². The highest BCUT2D eigenvalue weighted by Gasteiger charge is 2.54. The first-order chi connectivity index (χ1) is 12.8. The van der Waals surface area contributed by atoms with E-state index < -0.39 is 12.1 Å². The molecule has 2 atom stereocenters. The van der Waals surface area contributed by atoms with Crippen LogP contribution in [0.1, 0.15) is 57.8 Å². The van der Waals surface area contributed by atoms with Crippen molar-refractivity contribution < 1.29 is 18.0 Å². The second-order valence-corrected chi connectivity index (χ2v) is 9.43. The number of hydrogen-bond acceptors (Lipinski definition) is 2. The van der Waals surface area contributed by atoms with Crippen LogP contribution in [0.3, 0.4) is 0 Å². The third kappa shape index (κ3) is 3.66. The van der Waals surface area contributed by atoms with Gasteiger partial charge in [-0.15, -0.1) is 0 Å². The minimum atomic E-state index is -4.04. The lowest BCUT2D eigenvalue weighted by molar-refractivity contribution is -0.188. The standard InChI is InChI=1S/C21H31F3N2O/c1-2-19(27)25-12-20(13-25)11-15-5-3-4-6-18(15)26(14-20)17-9-7-16(8-10-17)21(22,23)24/h2,15-18H,1,3-14H2. The van der Waals surface area contributed by atoms with E-state index in [9.17, 15) is 18.0 Å². The van der Waals surface area contributed by atoms with Crippen molar-refractivity contribution in [1.29, 1.82) is 0 Å². The topological polar surface area (TPSA) is 23.6 Å². The van der Waals surface area contributed by atoms with E-state index in [2.05, 4.69) is 11.5 Å². The van der Waals surface area contributed by atoms with Gasteiger partial charge in [-0.2, -0.15) is 13.2 Å². The molecule has 2 saturated carbocycles. The van der Waals surface area contributed by atoms with E-state index in [1.807, 2.05) is 4.90 Å². The summed E-state index contributed by atoms with van der Waals surface area (Å²) in [6, 6.07) is 0.830. The summed E-state index contributed by atoms with van der Waals surface area (Å²) in [5.74, 6) is -0.462. The van der Waals surface area contributed by atoms with Crippen LogP contribution in [0.5, 0.6) is 0 Å². The average Bonchev–Trinajstić information content (AvgIpc) is 2.64. The van der Waals surface area contributed by atoms with Gasteiger partial charge in [0.25, 0.3) is 0 Å². The lowest BCUT2D eigenvalue weighted by Gasteiger charge is -2.61. The van der Waals surface area contributed by atoms with Gasteiger partial charge in [0.1, 0.15) is 0 Å². The number of rotatable bonds is 2. The van der Waals surface area contributed by atoms with Crippen molar-refractivity contribution in [3.05, 3.63) is 12.7 Å². The number of likely N-dealkylation sites (tertiary alicyclic amines) is 2. The van der Waals surface area contributed by atoms with Gasteiger partial charge in [0.05, 0.1) is 5.92 Å². The van der Waals surface area contributed by atoms with Crippen molar-refractivity contribution in [2.24, 2.45) is 17.3 Å². The number of carbonyl (C=O) groups is 1. The first-order valence-electron chi connectivity index (χ1n) is 10.6. The van der Waals surface area contributed by atoms with Gasteiger partial charge in [-0.05, 0) is 56.9 Å². The van der Waals surface area contributed by atoms with Gasteiger partial charge in [-0.3, -0.25) is 9.69 Å². The number of piperidine rings is 1. The Labute approximate surface area is 160 Å². The molecular weight excluding hydrogens is 353 g/mol. The van der Waals surface area contributed by atoms with Gasteiger partial charge in [-0.25, -0.2) is 0 Å². The summed E-state index contributed by atoms with van der Waals surface area (Å²) in [6.07, 6.45) is 5.32. The molecule has 2 aliphatic carbocycles. The molecule has 27 heavy (non-hydrogen) atoms. The molecule has 2 saturated heterocycles. The second kappa shape index (κ2) is 7.09. The van der Waals surface area contributed by atoms with Crippen LogP contribution in [0.25, 0.3) is 0 Å². The molecule has 0 N–H and O–H groups in total. The Kier molecular flexibility index (Phi) is 5.06. The summed E-state index contributed by atoms with van der Waals surface area (Å²) in [7, 11) is 0. The predicted octanol–water partition coefficient (Wildman–Crippen LogP) is 4.39. The number of hydrogen-bond donors (Lipinski definition) is 0. The third-order valence-corrected chi connectivity index (χ3v) is 7.68. The fraction of sp³-hybridized carbons (Fsp3) is 0.857. The van der Waals surface area contributed by atoms with Crippen LogP contribution < -0.4 is 0 Å². The first-order valence-corrected chi connectivity index (χ1v) is 10.6. The molecule has 0 radical (unpaired) electrons. The number of alkyl halides is 3. The minimum Gasteiger partial charge on any atom is -0.338 e. The van der Waals surface area contributed by atoms with Crippen LogP contribution >= 0.6 is 0 Å². The fourth-order valence-corrected chi connectivity index (χ4v) is 6.40. The van der Waals surface area contributed by atoms with Crippen molar-refractivity contribution in [1.82, 2.24) is 9.80 Å². The maximum Gasteiger partial charge on any atom is 0.391 e. The maximum atomic E-state index is 13.1. The average molecular weight is 384 g/mol. The zero-order valence-corrected chi connectivity index (χ0v) is 16.0. The molecule has 2 aliphatic heterocycles. The Morgan fingerprint density at radius 3 is 2.30 bits per heavy atom. The zero-order valence-electron chi connectivity index (χ0n) is 16.0. The van der Waals surface area contributed by atoms with Crippen LogP contribution in [-0.2, 0) is 4.79 Å². The summed E-state index contributed by atoms with van der Waals surface area (Å²) in [6.45, 7) is 6.11. The van der Waals surface area contributed by atoms with Crippen molar-refractivity contribution in [2.75, 3.05) is 19.6 Å². The summed E-state index contributed by atoms with van der Waals surface area (Å²) in [5.41, 5.74) is 0.151. The van der Waals surface area contributed by atoms with Crippen molar-refractivity contribution in [2.45, 2.75) is 76.0 Å². The van der Waals surface area contributed by atoms with Gasteiger partial charge in [-0.1, -0.05) is 19.4 Å². The molecule has 1 spiro atoms. The van der Waals surface area contributed by atoms with Gasteiger partial charge >= 0.3 is 6.18 Å². The van der Waals surface area contributed by atoms with Gasteiger partial charge < -0.3 is 4.90 Å². The Balaban J connectivity index is 1.45. The van der Waals surface area contributed by atoms with E-state index in [4.69, 9.17) is 0 Å². The highest BCUT2D eigenvalue weighted by atomic mass is 19.4. The van der Waals surface area contributed by atoms with E-state index in [1.165, 1.54) is 38.2 Å². The Hall–Kier alpha value is -1.04. The molecule has 4 fully saturated rings. The predicted molar refractivity (Wildman–Crippen MR) is 98.1 cm³/mol. The van der Waals surface area contributed by atoms with Gasteiger partial charge in [0.15, 0.2) is 0 Å². The fourth-order valence-electron chi connectivity index (χ4n) is 6.40. The molecule has 0 aromatic rings. The lowest BCUT2D eigenvalue weighted by atomic mass is 9.63. The number of nitrogens with zero attached hydrogens (tertiary/aromatic N) is 2. The molecule has 2 unspecified atom stereocenters. The molecule has 0 aromatic heterocycles. The van der Waals surface area contributed by atoms with E-state index >= 15 is 0 Å². The van der Waals surface area contributed by atoms with Gasteiger partial charge in [0.2, 0.25) is 5.91 Å². The number of halogens is 3. The van der Waals surface area contributed by atoms with Crippen molar-refractivity contribution in [3.8, 4) is 0 Å². The third-order valence-electron chi connectivity index (χ3n) is 7.68. The van der Waals surface area contributed by atoms with Crippen LogP contribution in [-0.4, -0.2) is 53.6 Å². The molecular formula is C21H31F3N2O. The SMILES string of the molecule is C=CC(=O)N1CC2(CC3CCCCC3N(C3CCC(C(F)(F)F)CC3)C2)C1. The first kappa shape index (κ1) is 19.3. The Bertz CT molecular complexity index is 576. The molecule has 0 bridgehead atoms. The van der Waals surface area contributed by atoms with Crippen LogP contribution in [0, 0.1) is 17.3 Å². The highest BCUT2D eigenvalue weighted by Crippen LogP contribution is 2.50. The van der Waals surface area contributed by atoms with Crippen LogP contribution in [0.4, 0.5) is 13.2 Å². The van der Waals surface area contributed by atoms with E-state index in [1.54, 1.807) is 0 Å². The molecule has 0 aromatic carbocycles. The van der Waals surface area contributed by atoms with E-state index in [0.717, 1.165) is 19.6 Å². The Morgan fingerprint density at radius 1 is 1.00 bits per heavy atom. The van der Waals surface area contributed by atoms with Crippen LogP contribution in [0.2, 0.25) is 0 Å². The summed E-state index contributed by atoms with van der Waals surface area (Å²) < 4.78 is 39.2.